The van der Waals surface area contributed by atoms with Gasteiger partial charge in [-0.15, -0.1) is 0 Å². The third-order valence-electron chi connectivity index (χ3n) is 8.28. The van der Waals surface area contributed by atoms with Crippen molar-refractivity contribution in [3.05, 3.63) is 102 Å². The molecule has 0 spiro atoms. The number of nitrogens with one attached hydrogen (secondary N) is 2. The number of sulfonamides is 1. The Hall–Kier alpha value is -5.88. The van der Waals surface area contributed by atoms with Gasteiger partial charge in [0.25, 0.3) is 0 Å². The van der Waals surface area contributed by atoms with Crippen molar-refractivity contribution in [2.45, 2.75) is 57.7 Å². The van der Waals surface area contributed by atoms with Gasteiger partial charge in [-0.2, -0.15) is 5.26 Å². The number of alkyl halides is 1. The number of ether oxygens (including phenoxy) is 2. The molecule has 3 aromatic carbocycles. The quantitative estimate of drug-likeness (QED) is 0.155. The van der Waals surface area contributed by atoms with E-state index in [1.807, 2.05) is 6.07 Å². The second-order valence-corrected chi connectivity index (χ2v) is 15.4. The Balaban J connectivity index is 1.26. The fourth-order valence-corrected chi connectivity index (χ4v) is 7.15. The maximum absolute atomic E-state index is 15.3. The van der Waals surface area contributed by atoms with Crippen LogP contribution in [-0.2, 0) is 20.5 Å². The monoisotopic (exact) mass is 741 g/mol. The van der Waals surface area contributed by atoms with Gasteiger partial charge in [0, 0.05) is 42.2 Å². The summed E-state index contributed by atoms with van der Waals surface area (Å²) in [5, 5.41) is 12.9. The van der Waals surface area contributed by atoms with E-state index in [0.29, 0.717) is 39.1 Å². The summed E-state index contributed by atoms with van der Waals surface area (Å²) in [4.78, 5) is 27.4. The minimum Gasteiger partial charge on any atom is -0.444 e. The summed E-state index contributed by atoms with van der Waals surface area (Å²) in [5.74, 6) is -0.524. The molecule has 12 nitrogen and oxygen atoms in total. The number of pyridine rings is 1. The molecule has 2 atom stereocenters. The number of hydrogen-bond donors (Lipinski definition) is 2. The lowest BCUT2D eigenvalue weighted by atomic mass is 10.0. The average Bonchev–Trinajstić information content (AvgIpc) is 3.10. The van der Waals surface area contributed by atoms with Crippen LogP contribution in [0.1, 0.15) is 43.9 Å². The summed E-state index contributed by atoms with van der Waals surface area (Å²) < 4.78 is 70.7. The predicted octanol–water partition coefficient (Wildman–Crippen LogP) is 7.50. The minimum atomic E-state index is -4.07. The first-order chi connectivity index (χ1) is 25.2. The number of anilines is 2. The molecular formula is C38H37F2N7O5S. The molecule has 0 aliphatic carbocycles. The summed E-state index contributed by atoms with van der Waals surface area (Å²) >= 11 is 0. The lowest BCUT2D eigenvalue weighted by Crippen LogP contribution is -2.51. The van der Waals surface area contributed by atoms with Gasteiger partial charge in [0.15, 0.2) is 0 Å². The van der Waals surface area contributed by atoms with Gasteiger partial charge in [-0.1, -0.05) is 24.3 Å². The Morgan fingerprint density at radius 2 is 1.77 bits per heavy atom. The number of amides is 1. The Morgan fingerprint density at radius 3 is 2.51 bits per heavy atom. The minimum absolute atomic E-state index is 0.0728. The Kier molecular flexibility index (Phi) is 10.4. The SMILES string of the molecule is Cc1ccc2c(NS(=O)(=O)Cc3ccc(C#N)cc3)c(F)ccc2c1Oc1ncccc1-c1ccnc(N[C@H]2C[C@H](F)CN(C(=O)OC(C)(C)C)C2)n1. The van der Waals surface area contributed by atoms with E-state index in [1.54, 1.807) is 58.0 Å². The van der Waals surface area contributed by atoms with Crippen LogP contribution in [0.15, 0.2) is 79.1 Å². The summed E-state index contributed by atoms with van der Waals surface area (Å²) in [6.07, 6.45) is 1.34. The van der Waals surface area contributed by atoms with Crippen molar-refractivity contribution in [3.8, 4) is 29.0 Å². The number of hydrogen-bond acceptors (Lipinski definition) is 10. The Morgan fingerprint density at radius 1 is 1.02 bits per heavy atom. The van der Waals surface area contributed by atoms with Gasteiger partial charge >= 0.3 is 6.09 Å². The predicted molar refractivity (Wildman–Crippen MR) is 196 cm³/mol. The largest absolute Gasteiger partial charge is 0.444 e. The highest BCUT2D eigenvalue weighted by atomic mass is 32.2. The number of nitriles is 1. The van der Waals surface area contributed by atoms with E-state index in [4.69, 9.17) is 14.7 Å². The number of likely N-dealkylation sites (tertiary alicyclic amines) is 1. The molecule has 15 heteroatoms. The van der Waals surface area contributed by atoms with Crippen LogP contribution in [0.4, 0.5) is 25.2 Å². The number of nitrogens with zero attached hydrogens (tertiary/aromatic N) is 5. The molecule has 1 aliphatic rings. The van der Waals surface area contributed by atoms with Crippen molar-refractivity contribution in [2.75, 3.05) is 23.1 Å². The molecule has 0 saturated carbocycles. The summed E-state index contributed by atoms with van der Waals surface area (Å²) in [7, 11) is -4.07. The molecule has 1 fully saturated rings. The van der Waals surface area contributed by atoms with Gasteiger partial charge in [0.1, 0.15) is 23.3 Å². The molecule has 0 unspecified atom stereocenters. The number of carbonyl (C=O) groups excluding carboxylic acids is 1. The second kappa shape index (κ2) is 15.0. The molecular weight excluding hydrogens is 705 g/mol. The summed E-state index contributed by atoms with van der Waals surface area (Å²) in [6, 6.07) is 18.7. The van der Waals surface area contributed by atoms with Crippen LogP contribution in [0.2, 0.25) is 0 Å². The first kappa shape index (κ1) is 36.9. The molecule has 5 aromatic rings. The van der Waals surface area contributed by atoms with E-state index in [9.17, 15) is 17.6 Å². The number of carbonyl (C=O) groups is 1. The molecule has 1 aliphatic heterocycles. The molecule has 1 saturated heterocycles. The van der Waals surface area contributed by atoms with Crippen molar-refractivity contribution in [1.29, 1.82) is 5.26 Å². The number of fused-ring (bicyclic) bond motifs is 1. The summed E-state index contributed by atoms with van der Waals surface area (Å²) in [6.45, 7) is 7.16. The molecule has 2 aromatic heterocycles. The first-order valence-corrected chi connectivity index (χ1v) is 18.4. The molecule has 3 heterocycles. The van der Waals surface area contributed by atoms with E-state index < -0.39 is 45.5 Å². The summed E-state index contributed by atoms with van der Waals surface area (Å²) in [5.41, 5.74) is 1.44. The van der Waals surface area contributed by atoms with Crippen LogP contribution < -0.4 is 14.8 Å². The highest BCUT2D eigenvalue weighted by molar-refractivity contribution is 7.91. The van der Waals surface area contributed by atoms with Gasteiger partial charge in [0.05, 0.1) is 40.9 Å². The highest BCUT2D eigenvalue weighted by Gasteiger charge is 2.33. The van der Waals surface area contributed by atoms with Gasteiger partial charge in [-0.25, -0.2) is 36.9 Å². The standard InChI is InChI=1S/C38H37F2N7O5S/c1-23-7-12-28-29(13-14-31(40)33(28)46-53(49,50)22-25-10-8-24(19-41)9-11-25)34(23)51-35-30(6-5-16-42-35)32-15-17-43-36(45-32)44-27-18-26(39)20-47(21-27)37(48)52-38(2,3)4/h5-17,26-27,46H,18,20-22H2,1-4H3,(H,43,44,45)/t26-,27-/m0/s1. The number of halogens is 2. The van der Waals surface area contributed by atoms with Crippen LogP contribution in [0.3, 0.4) is 0 Å². The van der Waals surface area contributed by atoms with Crippen molar-refractivity contribution in [1.82, 2.24) is 19.9 Å². The molecule has 0 bridgehead atoms. The topological polar surface area (TPSA) is 159 Å². The van der Waals surface area contributed by atoms with E-state index in [2.05, 4.69) is 25.0 Å². The zero-order valence-corrected chi connectivity index (χ0v) is 30.2. The molecule has 53 heavy (non-hydrogen) atoms. The van der Waals surface area contributed by atoms with Crippen molar-refractivity contribution < 1.29 is 31.5 Å². The average molecular weight is 742 g/mol. The van der Waals surface area contributed by atoms with Crippen LogP contribution >= 0.6 is 0 Å². The lowest BCUT2D eigenvalue weighted by Gasteiger charge is -2.36. The Labute approximate surface area is 305 Å². The molecule has 2 N–H and O–H groups in total. The normalized spacial score (nSPS) is 16.1. The van der Waals surface area contributed by atoms with Crippen molar-refractivity contribution >= 4 is 38.5 Å². The molecule has 1 amide bonds. The van der Waals surface area contributed by atoms with E-state index in [1.165, 1.54) is 47.6 Å². The molecule has 6 rings (SSSR count). The van der Waals surface area contributed by atoms with Crippen LogP contribution in [0.25, 0.3) is 22.0 Å². The second-order valence-electron chi connectivity index (χ2n) is 13.7. The maximum atomic E-state index is 15.3. The third-order valence-corrected chi connectivity index (χ3v) is 9.51. The number of piperidine rings is 1. The number of rotatable bonds is 9. The van der Waals surface area contributed by atoms with E-state index >= 15 is 4.39 Å². The van der Waals surface area contributed by atoms with Gasteiger partial charge in [-0.05, 0) is 81.3 Å². The van der Waals surface area contributed by atoms with E-state index in [0.717, 1.165) is 6.07 Å². The fourth-order valence-electron chi connectivity index (χ4n) is 5.93. The van der Waals surface area contributed by atoms with Crippen molar-refractivity contribution in [3.63, 3.8) is 0 Å². The highest BCUT2D eigenvalue weighted by Crippen LogP contribution is 2.40. The van der Waals surface area contributed by atoms with Gasteiger partial charge < -0.3 is 19.7 Å². The van der Waals surface area contributed by atoms with Crippen molar-refractivity contribution in [2.24, 2.45) is 0 Å². The van der Waals surface area contributed by atoms with E-state index in [-0.39, 0.29) is 42.4 Å². The van der Waals surface area contributed by atoms with Gasteiger partial charge in [-0.3, -0.25) is 4.72 Å². The lowest BCUT2D eigenvalue weighted by molar-refractivity contribution is 0.0124. The van der Waals surface area contributed by atoms with Crippen LogP contribution in [-0.4, -0.2) is 65.3 Å². The van der Waals surface area contributed by atoms with Crippen LogP contribution in [0, 0.1) is 24.1 Å². The fraction of sp³-hybridized carbons (Fsp3) is 0.289. The molecule has 274 valence electrons. The molecule has 0 radical (unpaired) electrons. The third kappa shape index (κ3) is 8.96. The maximum Gasteiger partial charge on any atom is 0.410 e. The Bertz CT molecular complexity index is 2310. The van der Waals surface area contributed by atoms with Crippen LogP contribution in [0.5, 0.6) is 11.6 Å². The number of aryl methyl sites for hydroxylation is 1. The zero-order valence-electron chi connectivity index (χ0n) is 29.4. The smallest absolute Gasteiger partial charge is 0.410 e. The van der Waals surface area contributed by atoms with Gasteiger partial charge in [0.2, 0.25) is 21.9 Å². The zero-order chi connectivity index (χ0) is 37.9. The first-order valence-electron chi connectivity index (χ1n) is 16.7. The number of aromatic nitrogens is 3. The number of benzene rings is 3.